The molecule has 8 nitrogen and oxygen atoms in total. The first kappa shape index (κ1) is 24.5. The van der Waals surface area contributed by atoms with Gasteiger partial charge in [-0.25, -0.2) is 14.6 Å². The second-order valence-corrected chi connectivity index (χ2v) is 9.37. The molecule has 0 N–H and O–H groups in total. The molecule has 10 heteroatoms. The maximum atomic E-state index is 12.5. The standard InChI is InChI=1S/C25H16Br2N2O6/c1-13-3-6-16(7-4-13)24(30)34-22-18(26)9-15(10-19(22)27)11-20-25(31)35-23(28-20)17-8-5-14(2)21(12-17)29(32)33/h3-12H,1-2H3/b20-11-. The number of carbonyl (C=O) groups excluding carboxylic acids is 2. The van der Waals surface area contributed by atoms with Crippen molar-refractivity contribution in [3.05, 3.63) is 107 Å². The minimum absolute atomic E-state index is 0.0198. The highest BCUT2D eigenvalue weighted by atomic mass is 79.9. The summed E-state index contributed by atoms with van der Waals surface area (Å²) >= 11 is 6.80. The van der Waals surface area contributed by atoms with Gasteiger partial charge in [-0.1, -0.05) is 23.8 Å². The highest BCUT2D eigenvalue weighted by Crippen LogP contribution is 2.36. The number of nitro benzene ring substituents is 1. The maximum absolute atomic E-state index is 12.5. The third-order valence-electron chi connectivity index (χ3n) is 5.08. The summed E-state index contributed by atoms with van der Waals surface area (Å²) in [5, 5.41) is 11.2. The van der Waals surface area contributed by atoms with Crippen molar-refractivity contribution < 1.29 is 24.0 Å². The van der Waals surface area contributed by atoms with E-state index in [4.69, 9.17) is 9.47 Å². The van der Waals surface area contributed by atoms with Gasteiger partial charge in [0.2, 0.25) is 5.90 Å². The lowest BCUT2D eigenvalue weighted by atomic mass is 10.1. The molecule has 0 amide bonds. The van der Waals surface area contributed by atoms with Crippen LogP contribution in [-0.4, -0.2) is 22.8 Å². The van der Waals surface area contributed by atoms with E-state index >= 15 is 0 Å². The molecule has 0 atom stereocenters. The van der Waals surface area contributed by atoms with Crippen LogP contribution < -0.4 is 4.74 Å². The lowest BCUT2D eigenvalue weighted by Gasteiger charge is -2.10. The van der Waals surface area contributed by atoms with Gasteiger partial charge in [0.25, 0.3) is 5.69 Å². The Morgan fingerprint density at radius 2 is 1.71 bits per heavy atom. The molecule has 0 unspecified atom stereocenters. The summed E-state index contributed by atoms with van der Waals surface area (Å²) in [5.74, 6) is -0.947. The molecule has 3 aromatic rings. The third-order valence-corrected chi connectivity index (χ3v) is 6.26. The van der Waals surface area contributed by atoms with Crippen LogP contribution in [0.25, 0.3) is 6.08 Å². The fourth-order valence-electron chi connectivity index (χ4n) is 3.23. The summed E-state index contributed by atoms with van der Waals surface area (Å²) < 4.78 is 11.7. The number of aryl methyl sites for hydroxylation is 2. The number of benzene rings is 3. The number of carbonyl (C=O) groups is 2. The first-order valence-corrected chi connectivity index (χ1v) is 11.8. The Balaban J connectivity index is 1.60. The normalized spacial score (nSPS) is 14.0. The van der Waals surface area contributed by atoms with Gasteiger partial charge in [0.1, 0.15) is 0 Å². The van der Waals surface area contributed by atoms with Crippen LogP contribution in [0.15, 0.2) is 74.2 Å². The summed E-state index contributed by atoms with van der Waals surface area (Å²) in [6.07, 6.45) is 1.50. The number of nitrogens with zero attached hydrogens (tertiary/aromatic N) is 2. The van der Waals surface area contributed by atoms with Gasteiger partial charge in [-0.3, -0.25) is 10.1 Å². The summed E-state index contributed by atoms with van der Waals surface area (Å²) in [7, 11) is 0. The SMILES string of the molecule is Cc1ccc(C(=O)Oc2c(Br)cc(/C=C3\N=C(c4ccc(C)c([N+](=O)[O-])c4)OC3=O)cc2Br)cc1. The lowest BCUT2D eigenvalue weighted by molar-refractivity contribution is -0.385. The quantitative estimate of drug-likeness (QED) is 0.112. The molecule has 0 aliphatic carbocycles. The number of aliphatic imine (C=N–C) groups is 1. The lowest BCUT2D eigenvalue weighted by Crippen LogP contribution is -2.09. The van der Waals surface area contributed by atoms with E-state index in [0.29, 0.717) is 31.2 Å². The van der Waals surface area contributed by atoms with Crippen molar-refractivity contribution in [2.24, 2.45) is 4.99 Å². The topological polar surface area (TPSA) is 108 Å². The van der Waals surface area contributed by atoms with E-state index in [1.54, 1.807) is 43.3 Å². The van der Waals surface area contributed by atoms with Crippen LogP contribution in [0.4, 0.5) is 5.69 Å². The Morgan fingerprint density at radius 3 is 2.34 bits per heavy atom. The second-order valence-electron chi connectivity index (χ2n) is 7.66. The molecule has 0 saturated heterocycles. The molecule has 176 valence electrons. The zero-order chi connectivity index (χ0) is 25.3. The van der Waals surface area contributed by atoms with Crippen molar-refractivity contribution in [1.29, 1.82) is 0 Å². The molecule has 35 heavy (non-hydrogen) atoms. The van der Waals surface area contributed by atoms with Crippen LogP contribution in [0.5, 0.6) is 5.75 Å². The fraction of sp³-hybridized carbons (Fsp3) is 0.0800. The minimum Gasteiger partial charge on any atom is -0.421 e. The molecule has 3 aromatic carbocycles. The van der Waals surface area contributed by atoms with E-state index in [2.05, 4.69) is 36.9 Å². The summed E-state index contributed by atoms with van der Waals surface area (Å²) in [4.78, 5) is 39.8. The number of cyclic esters (lactones) is 1. The van der Waals surface area contributed by atoms with Crippen LogP contribution >= 0.6 is 31.9 Å². The average molecular weight is 600 g/mol. The average Bonchev–Trinajstić information content (AvgIpc) is 3.16. The molecule has 0 bridgehead atoms. The van der Waals surface area contributed by atoms with E-state index in [9.17, 15) is 19.7 Å². The van der Waals surface area contributed by atoms with Crippen LogP contribution in [0.3, 0.4) is 0 Å². The highest BCUT2D eigenvalue weighted by molar-refractivity contribution is 9.11. The molecule has 1 aliphatic rings. The van der Waals surface area contributed by atoms with Crippen LogP contribution in [-0.2, 0) is 9.53 Å². The van der Waals surface area contributed by atoms with Crippen molar-refractivity contribution in [3.8, 4) is 5.75 Å². The first-order valence-electron chi connectivity index (χ1n) is 10.2. The molecular formula is C25H16Br2N2O6. The zero-order valence-corrected chi connectivity index (χ0v) is 21.5. The van der Waals surface area contributed by atoms with Gasteiger partial charge in [-0.2, -0.15) is 0 Å². The summed E-state index contributed by atoms with van der Waals surface area (Å²) in [6.45, 7) is 3.54. The second kappa shape index (κ2) is 9.93. The highest BCUT2D eigenvalue weighted by Gasteiger charge is 2.26. The first-order chi connectivity index (χ1) is 16.6. The number of nitro groups is 1. The molecule has 0 saturated carbocycles. The van der Waals surface area contributed by atoms with Gasteiger partial charge in [0.15, 0.2) is 11.4 Å². The molecule has 0 radical (unpaired) electrons. The molecular weight excluding hydrogens is 584 g/mol. The number of rotatable bonds is 5. The Morgan fingerprint density at radius 1 is 1.06 bits per heavy atom. The summed E-state index contributed by atoms with van der Waals surface area (Å²) in [6, 6.07) is 14.8. The molecule has 1 heterocycles. The predicted molar refractivity (Wildman–Crippen MR) is 136 cm³/mol. The van der Waals surface area contributed by atoms with Gasteiger partial charge in [0, 0.05) is 17.2 Å². The third kappa shape index (κ3) is 5.39. The Hall–Kier alpha value is -3.63. The smallest absolute Gasteiger partial charge is 0.363 e. The van der Waals surface area contributed by atoms with E-state index in [-0.39, 0.29) is 23.0 Å². The van der Waals surface area contributed by atoms with Crippen LogP contribution in [0, 0.1) is 24.0 Å². The van der Waals surface area contributed by atoms with E-state index in [0.717, 1.165) is 5.56 Å². The number of halogens is 2. The van der Waals surface area contributed by atoms with E-state index < -0.39 is 16.9 Å². The molecule has 4 rings (SSSR count). The largest absolute Gasteiger partial charge is 0.421 e. The van der Waals surface area contributed by atoms with Crippen molar-refractivity contribution >= 4 is 61.5 Å². The fourth-order valence-corrected chi connectivity index (χ4v) is 4.61. The van der Waals surface area contributed by atoms with Crippen molar-refractivity contribution in [2.75, 3.05) is 0 Å². The van der Waals surface area contributed by atoms with Gasteiger partial charge >= 0.3 is 11.9 Å². The van der Waals surface area contributed by atoms with Crippen molar-refractivity contribution in [2.45, 2.75) is 13.8 Å². The van der Waals surface area contributed by atoms with Gasteiger partial charge < -0.3 is 9.47 Å². The van der Waals surface area contributed by atoms with Crippen molar-refractivity contribution in [3.63, 3.8) is 0 Å². The Labute approximate surface area is 216 Å². The minimum atomic E-state index is -0.689. The van der Waals surface area contributed by atoms with Gasteiger partial charge in [0.05, 0.1) is 19.4 Å². The maximum Gasteiger partial charge on any atom is 0.363 e. The summed E-state index contributed by atoms with van der Waals surface area (Å²) in [5.41, 5.74) is 2.74. The van der Waals surface area contributed by atoms with Crippen LogP contribution in [0.2, 0.25) is 0 Å². The molecule has 0 aromatic heterocycles. The van der Waals surface area contributed by atoms with Crippen molar-refractivity contribution in [1.82, 2.24) is 0 Å². The Kier molecular flexibility index (Phi) is 6.95. The Bertz CT molecular complexity index is 1420. The zero-order valence-electron chi connectivity index (χ0n) is 18.4. The number of hydrogen-bond donors (Lipinski definition) is 0. The predicted octanol–water partition coefficient (Wildman–Crippen LogP) is 6.30. The molecule has 0 fully saturated rings. The molecule has 0 spiro atoms. The van der Waals surface area contributed by atoms with E-state index in [1.807, 2.05) is 19.1 Å². The number of hydrogen-bond acceptors (Lipinski definition) is 7. The number of esters is 2. The van der Waals surface area contributed by atoms with Gasteiger partial charge in [-0.15, -0.1) is 0 Å². The van der Waals surface area contributed by atoms with E-state index in [1.165, 1.54) is 12.1 Å². The van der Waals surface area contributed by atoms with Gasteiger partial charge in [-0.05, 0) is 87.7 Å². The molecule has 1 aliphatic heterocycles. The van der Waals surface area contributed by atoms with Crippen LogP contribution in [0.1, 0.15) is 32.6 Å². The monoisotopic (exact) mass is 598 g/mol. The number of ether oxygens (including phenoxy) is 2.